The summed E-state index contributed by atoms with van der Waals surface area (Å²) >= 11 is 0. The Hall–Kier alpha value is -0.136. The topological polar surface area (TPSA) is 35.5 Å². The van der Waals surface area contributed by atoms with Gasteiger partial charge in [-0.25, -0.2) is 0 Å². The molecule has 1 saturated carbocycles. The Balaban J connectivity index is 3.02. The number of carbonyl (C=O) groups is 1. The van der Waals surface area contributed by atoms with Crippen LogP contribution in [0.1, 0.15) is 88.0 Å². The quantitative estimate of drug-likeness (QED) is 0.496. The lowest BCUT2D eigenvalue weighted by Gasteiger charge is -2.53. The van der Waals surface area contributed by atoms with Crippen LogP contribution in [0, 0.1) is 5.92 Å². The molecule has 2 radical (unpaired) electrons. The van der Waals surface area contributed by atoms with E-state index in [2.05, 4.69) is 41.5 Å². The standard InChI is InChI=1S/C20H40O3Si2/c1-15(2)22-24-14-16(3)18(21)23-25(19(4,5)6,20(7,8)9)17-12-10-11-13-17/h15-17H,10-14H2,1-9H3. The highest BCUT2D eigenvalue weighted by Gasteiger charge is 2.62. The van der Waals surface area contributed by atoms with Crippen molar-refractivity contribution in [3.05, 3.63) is 0 Å². The third-order valence-electron chi connectivity index (χ3n) is 5.53. The first-order valence-corrected chi connectivity index (χ1v) is 13.0. The Morgan fingerprint density at radius 1 is 1.04 bits per heavy atom. The SMILES string of the molecule is CC(C)O[Si]CC(C)C(=O)O[Si](C1CCCC1)(C(C)(C)C)C(C)(C)C. The van der Waals surface area contributed by atoms with Gasteiger partial charge in [0.1, 0.15) is 0 Å². The molecule has 1 fully saturated rings. The zero-order valence-electron chi connectivity index (χ0n) is 18.0. The average molecular weight is 385 g/mol. The van der Waals surface area contributed by atoms with Gasteiger partial charge in [-0.1, -0.05) is 61.3 Å². The summed E-state index contributed by atoms with van der Waals surface area (Å²) in [6.07, 6.45) is 5.23. The van der Waals surface area contributed by atoms with Gasteiger partial charge in [0.25, 0.3) is 14.3 Å². The molecule has 0 saturated heterocycles. The van der Waals surface area contributed by atoms with Crippen molar-refractivity contribution >= 4 is 24.0 Å². The van der Waals surface area contributed by atoms with Gasteiger partial charge < -0.3 is 8.85 Å². The zero-order valence-corrected chi connectivity index (χ0v) is 20.0. The van der Waals surface area contributed by atoms with E-state index < -0.39 is 8.32 Å². The molecule has 0 bridgehead atoms. The van der Waals surface area contributed by atoms with Crippen LogP contribution in [0.15, 0.2) is 0 Å². The highest BCUT2D eigenvalue weighted by molar-refractivity contribution is 6.82. The second kappa shape index (κ2) is 8.70. The van der Waals surface area contributed by atoms with Crippen molar-refractivity contribution in [2.75, 3.05) is 0 Å². The summed E-state index contributed by atoms with van der Waals surface area (Å²) in [6.45, 7) is 19.8. The second-order valence-electron chi connectivity index (χ2n) is 10.1. The first-order chi connectivity index (χ1) is 11.3. The second-order valence-corrected chi connectivity index (χ2v) is 16.5. The van der Waals surface area contributed by atoms with Gasteiger partial charge in [0.05, 0.1) is 5.92 Å². The number of rotatable bonds is 7. The van der Waals surface area contributed by atoms with Crippen molar-refractivity contribution in [3.63, 3.8) is 0 Å². The molecule has 0 aromatic carbocycles. The van der Waals surface area contributed by atoms with Crippen molar-refractivity contribution in [3.8, 4) is 0 Å². The minimum atomic E-state index is -2.34. The van der Waals surface area contributed by atoms with E-state index in [0.29, 0.717) is 15.3 Å². The van der Waals surface area contributed by atoms with Crippen LogP contribution < -0.4 is 0 Å². The maximum Gasteiger partial charge on any atom is 0.295 e. The van der Waals surface area contributed by atoms with Gasteiger partial charge >= 0.3 is 0 Å². The minimum absolute atomic E-state index is 0.00303. The summed E-state index contributed by atoms with van der Waals surface area (Å²) in [6, 6.07) is 0.764. The normalized spacial score (nSPS) is 18.6. The van der Waals surface area contributed by atoms with Crippen molar-refractivity contribution < 1.29 is 13.6 Å². The number of hydrogen-bond acceptors (Lipinski definition) is 3. The van der Waals surface area contributed by atoms with Crippen LogP contribution in [-0.4, -0.2) is 30.2 Å². The van der Waals surface area contributed by atoms with Crippen molar-refractivity contribution in [2.45, 2.75) is 116 Å². The Labute approximate surface area is 159 Å². The van der Waals surface area contributed by atoms with E-state index in [-0.39, 0.29) is 28.1 Å². The van der Waals surface area contributed by atoms with Crippen molar-refractivity contribution in [1.82, 2.24) is 0 Å². The molecule has 1 aliphatic carbocycles. The summed E-state index contributed by atoms with van der Waals surface area (Å²) in [5, 5.41) is 0.0682. The lowest BCUT2D eigenvalue weighted by atomic mass is 10.2. The fourth-order valence-corrected chi connectivity index (χ4v) is 12.8. The molecule has 25 heavy (non-hydrogen) atoms. The summed E-state index contributed by atoms with van der Waals surface area (Å²) in [5.74, 6) is -0.0849. The van der Waals surface area contributed by atoms with Crippen LogP contribution in [0.2, 0.25) is 21.7 Å². The van der Waals surface area contributed by atoms with Crippen LogP contribution in [0.25, 0.3) is 0 Å². The van der Waals surface area contributed by atoms with Gasteiger partial charge in [-0.2, -0.15) is 0 Å². The van der Waals surface area contributed by atoms with E-state index in [1.54, 1.807) is 0 Å². The Morgan fingerprint density at radius 3 is 1.92 bits per heavy atom. The molecule has 1 rings (SSSR count). The van der Waals surface area contributed by atoms with Gasteiger partial charge in [-0.05, 0) is 48.4 Å². The van der Waals surface area contributed by atoms with Crippen molar-refractivity contribution in [1.29, 1.82) is 0 Å². The molecule has 5 heteroatoms. The zero-order chi connectivity index (χ0) is 19.5. The highest BCUT2D eigenvalue weighted by atomic mass is 28.4. The summed E-state index contributed by atoms with van der Waals surface area (Å²) in [5.41, 5.74) is 0.581. The third-order valence-corrected chi connectivity index (χ3v) is 13.7. The molecular weight excluding hydrogens is 344 g/mol. The molecule has 0 amide bonds. The van der Waals surface area contributed by atoms with Gasteiger partial charge in [0.15, 0.2) is 0 Å². The molecule has 146 valence electrons. The first kappa shape index (κ1) is 22.9. The number of carbonyl (C=O) groups excluding carboxylic acids is 1. The molecule has 1 atom stereocenters. The van der Waals surface area contributed by atoms with Crippen LogP contribution >= 0.6 is 0 Å². The van der Waals surface area contributed by atoms with E-state index in [9.17, 15) is 4.79 Å². The monoisotopic (exact) mass is 384 g/mol. The van der Waals surface area contributed by atoms with E-state index >= 15 is 0 Å². The Morgan fingerprint density at radius 2 is 1.52 bits per heavy atom. The Bertz CT molecular complexity index is 415. The maximum atomic E-state index is 13.0. The molecule has 1 unspecified atom stereocenters. The lowest BCUT2D eigenvalue weighted by molar-refractivity contribution is -0.139. The van der Waals surface area contributed by atoms with Crippen LogP contribution in [0.5, 0.6) is 0 Å². The maximum absolute atomic E-state index is 13.0. The predicted octanol–water partition coefficient (Wildman–Crippen LogP) is 6.12. The third kappa shape index (κ3) is 5.42. The Kier molecular flexibility index (Phi) is 7.97. The van der Waals surface area contributed by atoms with E-state index in [4.69, 9.17) is 8.85 Å². The smallest absolute Gasteiger partial charge is 0.295 e. The largest absolute Gasteiger partial charge is 0.517 e. The predicted molar refractivity (Wildman–Crippen MR) is 109 cm³/mol. The fraction of sp³-hybridized carbons (Fsp3) is 0.950. The minimum Gasteiger partial charge on any atom is -0.517 e. The average Bonchev–Trinajstić information content (AvgIpc) is 2.95. The number of hydrogen-bond donors (Lipinski definition) is 0. The molecule has 1 aliphatic rings. The fourth-order valence-electron chi connectivity index (χ4n) is 4.75. The highest BCUT2D eigenvalue weighted by Crippen LogP contribution is 2.61. The summed E-state index contributed by atoms with van der Waals surface area (Å²) < 4.78 is 12.3. The van der Waals surface area contributed by atoms with Gasteiger partial charge in [0.2, 0.25) is 9.76 Å². The van der Waals surface area contributed by atoms with Crippen LogP contribution in [-0.2, 0) is 13.6 Å². The van der Waals surface area contributed by atoms with Crippen molar-refractivity contribution in [2.24, 2.45) is 5.92 Å². The molecule has 0 aromatic heterocycles. The van der Waals surface area contributed by atoms with E-state index in [1.807, 2.05) is 20.8 Å². The molecule has 0 spiro atoms. The molecular formula is C20H40O3Si2. The molecule has 3 nitrogen and oxygen atoms in total. The summed E-state index contributed by atoms with van der Waals surface area (Å²) in [4.78, 5) is 13.0. The van der Waals surface area contributed by atoms with Crippen LogP contribution in [0.4, 0.5) is 0 Å². The first-order valence-electron chi connectivity index (χ1n) is 9.94. The van der Waals surface area contributed by atoms with E-state index in [1.165, 1.54) is 25.7 Å². The van der Waals surface area contributed by atoms with Crippen LogP contribution in [0.3, 0.4) is 0 Å². The molecule has 0 aliphatic heterocycles. The van der Waals surface area contributed by atoms with Gasteiger partial charge in [0, 0.05) is 6.10 Å². The lowest BCUT2D eigenvalue weighted by Crippen LogP contribution is -2.59. The van der Waals surface area contributed by atoms with E-state index in [0.717, 1.165) is 6.04 Å². The van der Waals surface area contributed by atoms with Gasteiger partial charge in [-0.3, -0.25) is 4.79 Å². The molecule has 0 N–H and O–H groups in total. The van der Waals surface area contributed by atoms with Gasteiger partial charge in [-0.15, -0.1) is 0 Å². The molecule has 0 heterocycles. The summed E-state index contributed by atoms with van der Waals surface area (Å²) in [7, 11) is -1.97. The molecule has 0 aromatic rings.